The van der Waals surface area contributed by atoms with Gasteiger partial charge in [-0.15, -0.1) is 0 Å². The second-order valence-electron chi connectivity index (χ2n) is 6.16. The highest BCUT2D eigenvalue weighted by molar-refractivity contribution is 5.17. The molecule has 2 saturated carbocycles. The summed E-state index contributed by atoms with van der Waals surface area (Å²) in [6, 6.07) is 4.97. The Morgan fingerprint density at radius 1 is 1.35 bits per heavy atom. The van der Waals surface area contributed by atoms with Crippen molar-refractivity contribution in [2.75, 3.05) is 26.4 Å². The van der Waals surface area contributed by atoms with Gasteiger partial charge in [-0.25, -0.2) is 0 Å². The van der Waals surface area contributed by atoms with Crippen LogP contribution in [0, 0.1) is 5.92 Å². The van der Waals surface area contributed by atoms with Gasteiger partial charge in [0.15, 0.2) is 0 Å². The predicted molar refractivity (Wildman–Crippen MR) is 76.6 cm³/mol. The minimum Gasteiger partial charge on any atom is -0.464 e. The van der Waals surface area contributed by atoms with Gasteiger partial charge >= 0.3 is 0 Å². The molecule has 4 heteroatoms. The van der Waals surface area contributed by atoms with Gasteiger partial charge in [0, 0.05) is 18.5 Å². The summed E-state index contributed by atoms with van der Waals surface area (Å²) in [4.78, 5) is 2.44. The highest BCUT2D eigenvalue weighted by atomic mass is 16.5. The Labute approximate surface area is 120 Å². The van der Waals surface area contributed by atoms with Crippen LogP contribution in [0.15, 0.2) is 16.5 Å². The Morgan fingerprint density at radius 2 is 2.15 bits per heavy atom. The number of hydrogen-bond donors (Lipinski definition) is 1. The molecule has 0 spiro atoms. The van der Waals surface area contributed by atoms with E-state index in [0.717, 1.165) is 24.8 Å². The first kappa shape index (κ1) is 14.1. The number of aliphatic hydroxyl groups is 1. The van der Waals surface area contributed by atoms with E-state index in [-0.39, 0.29) is 6.61 Å². The highest BCUT2D eigenvalue weighted by Crippen LogP contribution is 2.47. The third-order valence-electron chi connectivity index (χ3n) is 4.34. The van der Waals surface area contributed by atoms with Crippen LogP contribution >= 0.6 is 0 Å². The van der Waals surface area contributed by atoms with E-state index >= 15 is 0 Å². The van der Waals surface area contributed by atoms with Crippen molar-refractivity contribution in [2.24, 2.45) is 5.92 Å². The summed E-state index contributed by atoms with van der Waals surface area (Å²) in [6.45, 7) is 5.30. The van der Waals surface area contributed by atoms with Gasteiger partial charge in [-0.2, -0.15) is 0 Å². The zero-order valence-electron chi connectivity index (χ0n) is 12.3. The van der Waals surface area contributed by atoms with Gasteiger partial charge in [-0.3, -0.25) is 4.90 Å². The lowest BCUT2D eigenvalue weighted by Crippen LogP contribution is -2.29. The molecular formula is C16H25NO3. The summed E-state index contributed by atoms with van der Waals surface area (Å²) >= 11 is 0. The maximum atomic E-state index is 8.72. The summed E-state index contributed by atoms with van der Waals surface area (Å²) in [5.41, 5.74) is 0. The van der Waals surface area contributed by atoms with E-state index in [9.17, 15) is 0 Å². The molecule has 112 valence electrons. The normalized spacial score (nSPS) is 25.4. The van der Waals surface area contributed by atoms with Crippen molar-refractivity contribution in [2.45, 2.75) is 44.7 Å². The molecule has 20 heavy (non-hydrogen) atoms. The quantitative estimate of drug-likeness (QED) is 0.705. The number of nitrogens with zero attached hydrogens (tertiary/aromatic N) is 1. The molecule has 3 rings (SSSR count). The zero-order chi connectivity index (χ0) is 13.9. The van der Waals surface area contributed by atoms with Crippen LogP contribution in [0.4, 0.5) is 0 Å². The van der Waals surface area contributed by atoms with Crippen LogP contribution in [0.1, 0.15) is 43.6 Å². The fourth-order valence-corrected chi connectivity index (χ4v) is 2.78. The molecule has 1 N–H and O–H groups in total. The van der Waals surface area contributed by atoms with Crippen LogP contribution in [-0.4, -0.2) is 42.4 Å². The van der Waals surface area contributed by atoms with Crippen LogP contribution in [0.2, 0.25) is 0 Å². The summed E-state index contributed by atoms with van der Waals surface area (Å²) < 4.78 is 11.4. The van der Waals surface area contributed by atoms with Crippen molar-refractivity contribution in [3.05, 3.63) is 23.7 Å². The van der Waals surface area contributed by atoms with Gasteiger partial charge < -0.3 is 14.3 Å². The van der Waals surface area contributed by atoms with E-state index < -0.39 is 0 Å². The van der Waals surface area contributed by atoms with Crippen molar-refractivity contribution in [1.29, 1.82) is 0 Å². The molecule has 0 aromatic carbocycles. The van der Waals surface area contributed by atoms with E-state index in [4.69, 9.17) is 14.3 Å². The highest BCUT2D eigenvalue weighted by Gasteiger charge is 2.37. The smallest absolute Gasteiger partial charge is 0.118 e. The molecule has 0 aliphatic heterocycles. The fraction of sp³-hybridized carbons (Fsp3) is 0.750. The van der Waals surface area contributed by atoms with E-state index in [1.165, 1.54) is 25.0 Å². The molecule has 4 nitrogen and oxygen atoms in total. The van der Waals surface area contributed by atoms with Crippen LogP contribution in [-0.2, 0) is 11.3 Å². The summed E-state index contributed by atoms with van der Waals surface area (Å²) in [7, 11) is 0. The molecule has 2 aliphatic rings. The van der Waals surface area contributed by atoms with Gasteiger partial charge in [0.05, 0.1) is 26.4 Å². The Balaban J connectivity index is 1.49. The number of hydrogen-bond acceptors (Lipinski definition) is 4. The number of rotatable bonds is 9. The molecule has 0 saturated heterocycles. The van der Waals surface area contributed by atoms with Crippen molar-refractivity contribution < 1.29 is 14.3 Å². The first-order valence-corrected chi connectivity index (χ1v) is 7.79. The lowest BCUT2D eigenvalue weighted by molar-refractivity contribution is 0.0685. The van der Waals surface area contributed by atoms with Crippen molar-refractivity contribution >= 4 is 0 Å². The summed E-state index contributed by atoms with van der Waals surface area (Å²) in [6.07, 6.45) is 3.84. The molecular weight excluding hydrogens is 254 g/mol. The molecule has 0 bridgehead atoms. The third-order valence-corrected chi connectivity index (χ3v) is 4.34. The molecule has 1 aromatic rings. The fourth-order valence-electron chi connectivity index (χ4n) is 2.78. The summed E-state index contributed by atoms with van der Waals surface area (Å²) in [5.74, 6) is 3.69. The van der Waals surface area contributed by atoms with Gasteiger partial charge in [0.2, 0.25) is 0 Å². The van der Waals surface area contributed by atoms with Crippen molar-refractivity contribution in [3.63, 3.8) is 0 Å². The van der Waals surface area contributed by atoms with Crippen LogP contribution in [0.5, 0.6) is 0 Å². The topological polar surface area (TPSA) is 45.8 Å². The van der Waals surface area contributed by atoms with Crippen LogP contribution in [0.3, 0.4) is 0 Å². The van der Waals surface area contributed by atoms with E-state index in [1.807, 2.05) is 0 Å². The molecule has 1 aromatic heterocycles. The zero-order valence-corrected chi connectivity index (χ0v) is 12.3. The molecule has 1 heterocycles. The summed E-state index contributed by atoms with van der Waals surface area (Å²) in [5, 5.41) is 8.72. The van der Waals surface area contributed by atoms with Gasteiger partial charge in [0.1, 0.15) is 11.5 Å². The van der Waals surface area contributed by atoms with Crippen LogP contribution < -0.4 is 0 Å². The van der Waals surface area contributed by atoms with E-state index in [2.05, 4.69) is 24.0 Å². The molecule has 0 amide bonds. The third kappa shape index (κ3) is 3.62. The second-order valence-corrected chi connectivity index (χ2v) is 6.16. The first-order valence-electron chi connectivity index (χ1n) is 7.79. The maximum absolute atomic E-state index is 8.72. The molecule has 2 fully saturated rings. The SMILES string of the molecule is C[C@H]1C[C@@H]1c1ccc(CN(CCOCCO)C2CC2)o1. The number of aliphatic hydroxyl groups excluding tert-OH is 1. The van der Waals surface area contributed by atoms with Crippen molar-refractivity contribution in [3.8, 4) is 0 Å². The molecule has 0 unspecified atom stereocenters. The lowest BCUT2D eigenvalue weighted by atomic mass is 10.3. The lowest BCUT2D eigenvalue weighted by Gasteiger charge is -2.20. The van der Waals surface area contributed by atoms with Gasteiger partial charge in [-0.05, 0) is 37.3 Å². The Bertz CT molecular complexity index is 427. The minimum absolute atomic E-state index is 0.102. The second kappa shape index (κ2) is 6.29. The predicted octanol–water partition coefficient (Wildman–Crippen LogP) is 2.38. The first-order chi connectivity index (χ1) is 9.78. The van der Waals surface area contributed by atoms with E-state index in [1.54, 1.807) is 0 Å². The minimum atomic E-state index is 0.102. The van der Waals surface area contributed by atoms with Crippen molar-refractivity contribution in [1.82, 2.24) is 4.90 Å². The van der Waals surface area contributed by atoms with E-state index in [0.29, 0.717) is 25.2 Å². The monoisotopic (exact) mass is 279 g/mol. The average Bonchev–Trinajstić information content (AvgIpc) is 3.35. The standard InChI is InChI=1S/C16H25NO3/c1-12-10-15(12)16-5-4-14(20-16)11-17(13-2-3-13)6-8-19-9-7-18/h4-5,12-13,15,18H,2-3,6-11H2,1H3/t12-,15-/m0/s1. The Morgan fingerprint density at radius 3 is 2.80 bits per heavy atom. The van der Waals surface area contributed by atoms with Gasteiger partial charge in [0.25, 0.3) is 0 Å². The number of ether oxygens (including phenoxy) is 1. The largest absolute Gasteiger partial charge is 0.464 e. The average molecular weight is 279 g/mol. The molecule has 2 atom stereocenters. The molecule has 2 aliphatic carbocycles. The number of furan rings is 1. The maximum Gasteiger partial charge on any atom is 0.118 e. The Hall–Kier alpha value is -0.840. The Kier molecular flexibility index (Phi) is 4.44. The van der Waals surface area contributed by atoms with Crippen LogP contribution in [0.25, 0.3) is 0 Å². The molecule has 0 radical (unpaired) electrons. The van der Waals surface area contributed by atoms with Gasteiger partial charge in [-0.1, -0.05) is 6.92 Å².